The molecule has 116 valence electrons. The number of ether oxygens (including phenoxy) is 1. The van der Waals surface area contributed by atoms with Gasteiger partial charge in [0.15, 0.2) is 0 Å². The average molecular weight is 292 g/mol. The van der Waals surface area contributed by atoms with E-state index in [9.17, 15) is 0 Å². The average Bonchev–Trinajstić information content (AvgIpc) is 2.95. The zero-order valence-electron chi connectivity index (χ0n) is 13.0. The molecule has 0 bridgehead atoms. The van der Waals surface area contributed by atoms with Crippen molar-refractivity contribution in [3.05, 3.63) is 0 Å². The van der Waals surface area contributed by atoms with Crippen LogP contribution in [0, 0.1) is 0 Å². The first-order chi connectivity index (χ1) is 10.2. The van der Waals surface area contributed by atoms with Gasteiger partial charge in [-0.1, -0.05) is 0 Å². The van der Waals surface area contributed by atoms with Gasteiger partial charge in [-0.2, -0.15) is 15.0 Å². The zero-order chi connectivity index (χ0) is 14.8. The lowest BCUT2D eigenvalue weighted by atomic mass is 10.1. The van der Waals surface area contributed by atoms with E-state index in [4.69, 9.17) is 4.74 Å². The summed E-state index contributed by atoms with van der Waals surface area (Å²) in [6.07, 6.45) is 3.86. The van der Waals surface area contributed by atoms with Crippen molar-refractivity contribution in [2.75, 3.05) is 48.9 Å². The molecule has 1 saturated heterocycles. The molecule has 0 radical (unpaired) electrons. The van der Waals surface area contributed by atoms with Crippen molar-refractivity contribution in [2.45, 2.75) is 38.3 Å². The maximum absolute atomic E-state index is 5.87. The summed E-state index contributed by atoms with van der Waals surface area (Å²) >= 11 is 0. The third kappa shape index (κ3) is 2.88. The van der Waals surface area contributed by atoms with Crippen molar-refractivity contribution in [2.24, 2.45) is 0 Å². The van der Waals surface area contributed by atoms with Crippen LogP contribution in [0.5, 0.6) is 0 Å². The highest BCUT2D eigenvalue weighted by molar-refractivity contribution is 5.45. The van der Waals surface area contributed by atoms with Crippen molar-refractivity contribution >= 4 is 17.8 Å². The van der Waals surface area contributed by atoms with Gasteiger partial charge in [-0.25, -0.2) is 0 Å². The standard InChI is InChI=1S/C14H24N6O/c1-4-15-12-16-13(19(2)3)18-14(17-12)20-8-9-21-11-7-5-6-10(11)20/h10-11H,4-9H2,1-3H3,(H,15,16,17,18). The molecule has 2 fully saturated rings. The number of hydrogen-bond acceptors (Lipinski definition) is 7. The number of morpholine rings is 1. The summed E-state index contributed by atoms with van der Waals surface area (Å²) in [5, 5.41) is 3.20. The molecule has 1 aromatic heterocycles. The van der Waals surface area contributed by atoms with E-state index in [2.05, 4.69) is 25.2 Å². The fourth-order valence-corrected chi connectivity index (χ4v) is 3.09. The van der Waals surface area contributed by atoms with Gasteiger partial charge < -0.3 is 19.9 Å². The molecule has 1 N–H and O–H groups in total. The number of rotatable bonds is 4. The van der Waals surface area contributed by atoms with Crippen LogP contribution in [0.2, 0.25) is 0 Å². The molecular weight excluding hydrogens is 268 g/mol. The Labute approximate surface area is 125 Å². The van der Waals surface area contributed by atoms with Crippen molar-refractivity contribution in [1.29, 1.82) is 0 Å². The zero-order valence-corrected chi connectivity index (χ0v) is 13.0. The summed E-state index contributed by atoms with van der Waals surface area (Å²) in [7, 11) is 3.90. The maximum Gasteiger partial charge on any atom is 0.232 e. The van der Waals surface area contributed by atoms with E-state index < -0.39 is 0 Å². The van der Waals surface area contributed by atoms with E-state index >= 15 is 0 Å². The molecule has 2 atom stereocenters. The first-order valence-corrected chi connectivity index (χ1v) is 7.74. The Hall–Kier alpha value is -1.63. The molecule has 0 aromatic carbocycles. The predicted molar refractivity (Wildman–Crippen MR) is 83.0 cm³/mol. The second-order valence-corrected chi connectivity index (χ2v) is 5.78. The molecule has 1 aromatic rings. The highest BCUT2D eigenvalue weighted by atomic mass is 16.5. The SMILES string of the molecule is CCNc1nc(N(C)C)nc(N2CCOC3CCCC32)n1. The maximum atomic E-state index is 5.87. The Morgan fingerprint density at radius 2 is 2.14 bits per heavy atom. The lowest BCUT2D eigenvalue weighted by molar-refractivity contribution is 0.0250. The molecule has 1 aliphatic carbocycles. The van der Waals surface area contributed by atoms with Crippen LogP contribution in [-0.4, -0.2) is 60.9 Å². The van der Waals surface area contributed by atoms with Gasteiger partial charge in [0.25, 0.3) is 0 Å². The lowest BCUT2D eigenvalue weighted by Gasteiger charge is -2.37. The number of aromatic nitrogens is 3. The largest absolute Gasteiger partial charge is 0.374 e. The summed E-state index contributed by atoms with van der Waals surface area (Å²) < 4.78 is 5.87. The third-order valence-corrected chi connectivity index (χ3v) is 4.09. The van der Waals surface area contributed by atoms with Crippen molar-refractivity contribution < 1.29 is 4.74 Å². The summed E-state index contributed by atoms with van der Waals surface area (Å²) in [5.74, 6) is 2.11. The van der Waals surface area contributed by atoms with Crippen LogP contribution in [0.25, 0.3) is 0 Å². The van der Waals surface area contributed by atoms with E-state index in [1.165, 1.54) is 6.42 Å². The summed E-state index contributed by atoms with van der Waals surface area (Å²) in [6.45, 7) is 4.44. The van der Waals surface area contributed by atoms with Crippen molar-refractivity contribution in [3.63, 3.8) is 0 Å². The number of nitrogens with one attached hydrogen (secondary N) is 1. The number of hydrogen-bond donors (Lipinski definition) is 1. The second kappa shape index (κ2) is 6.01. The van der Waals surface area contributed by atoms with Crippen LogP contribution in [0.4, 0.5) is 17.8 Å². The molecule has 2 unspecified atom stereocenters. The molecule has 2 aliphatic rings. The van der Waals surface area contributed by atoms with Crippen molar-refractivity contribution in [1.82, 2.24) is 15.0 Å². The molecule has 7 nitrogen and oxygen atoms in total. The highest BCUT2D eigenvalue weighted by Crippen LogP contribution is 2.32. The normalized spacial score (nSPS) is 24.8. The molecule has 3 rings (SSSR count). The van der Waals surface area contributed by atoms with Gasteiger partial charge in [-0.05, 0) is 26.2 Å². The van der Waals surface area contributed by atoms with E-state index in [0.29, 0.717) is 24.0 Å². The monoisotopic (exact) mass is 292 g/mol. The summed E-state index contributed by atoms with van der Waals surface area (Å²) in [4.78, 5) is 17.9. The van der Waals surface area contributed by atoms with Crippen LogP contribution < -0.4 is 15.1 Å². The van der Waals surface area contributed by atoms with Crippen LogP contribution in [-0.2, 0) is 4.74 Å². The van der Waals surface area contributed by atoms with E-state index in [1.807, 2.05) is 25.9 Å². The molecule has 2 heterocycles. The van der Waals surface area contributed by atoms with Gasteiger partial charge in [0, 0.05) is 27.2 Å². The third-order valence-electron chi connectivity index (χ3n) is 4.09. The Balaban J connectivity index is 1.92. The van der Waals surface area contributed by atoms with Crippen molar-refractivity contribution in [3.8, 4) is 0 Å². The highest BCUT2D eigenvalue weighted by Gasteiger charge is 2.37. The number of fused-ring (bicyclic) bond motifs is 1. The minimum absolute atomic E-state index is 0.334. The predicted octanol–water partition coefficient (Wildman–Crippen LogP) is 1.13. The van der Waals surface area contributed by atoms with Crippen LogP contribution in [0.1, 0.15) is 26.2 Å². The second-order valence-electron chi connectivity index (χ2n) is 5.78. The van der Waals surface area contributed by atoms with Crippen LogP contribution in [0.15, 0.2) is 0 Å². The molecule has 0 spiro atoms. The molecule has 1 saturated carbocycles. The quantitative estimate of drug-likeness (QED) is 0.892. The lowest BCUT2D eigenvalue weighted by Crippen LogP contribution is -2.49. The summed E-state index contributed by atoms with van der Waals surface area (Å²) in [5.41, 5.74) is 0. The Kier molecular flexibility index (Phi) is 4.10. The Morgan fingerprint density at radius 1 is 1.29 bits per heavy atom. The fraction of sp³-hybridized carbons (Fsp3) is 0.786. The molecule has 21 heavy (non-hydrogen) atoms. The minimum atomic E-state index is 0.334. The first-order valence-electron chi connectivity index (χ1n) is 7.74. The van der Waals surface area contributed by atoms with Gasteiger partial charge in [0.05, 0.1) is 18.8 Å². The molecule has 1 aliphatic heterocycles. The Bertz CT molecular complexity index is 494. The van der Waals surface area contributed by atoms with E-state index in [1.54, 1.807) is 0 Å². The fourth-order valence-electron chi connectivity index (χ4n) is 3.09. The van der Waals surface area contributed by atoms with Gasteiger partial charge in [0.1, 0.15) is 0 Å². The van der Waals surface area contributed by atoms with Gasteiger partial charge >= 0.3 is 0 Å². The molecular formula is C14H24N6O. The van der Waals surface area contributed by atoms with Crippen LogP contribution >= 0.6 is 0 Å². The number of nitrogens with zero attached hydrogens (tertiary/aromatic N) is 5. The molecule has 0 amide bonds. The molecule has 7 heteroatoms. The first kappa shape index (κ1) is 14.3. The van der Waals surface area contributed by atoms with E-state index in [-0.39, 0.29) is 0 Å². The smallest absolute Gasteiger partial charge is 0.232 e. The Morgan fingerprint density at radius 3 is 2.90 bits per heavy atom. The number of anilines is 3. The van der Waals surface area contributed by atoms with Gasteiger partial charge in [0.2, 0.25) is 17.8 Å². The summed E-state index contributed by atoms with van der Waals surface area (Å²) in [6, 6.07) is 0.408. The minimum Gasteiger partial charge on any atom is -0.374 e. The van der Waals surface area contributed by atoms with Crippen LogP contribution in [0.3, 0.4) is 0 Å². The van der Waals surface area contributed by atoms with Gasteiger partial charge in [-0.15, -0.1) is 0 Å². The topological polar surface area (TPSA) is 66.4 Å². The van der Waals surface area contributed by atoms with Gasteiger partial charge in [-0.3, -0.25) is 0 Å². The van der Waals surface area contributed by atoms with E-state index in [0.717, 1.165) is 38.5 Å².